The van der Waals surface area contributed by atoms with Crippen molar-refractivity contribution in [3.05, 3.63) is 0 Å². The van der Waals surface area contributed by atoms with Gasteiger partial charge in [0.15, 0.2) is 0 Å². The molecule has 0 aromatic heterocycles. The number of rotatable bonds is 0. The number of hydrogen-bond acceptors (Lipinski definition) is 0. The Balaban J connectivity index is 0. The minimum Gasteiger partial charge on any atom is -1.00 e. The average Bonchev–Trinajstić information content (AvgIpc) is 2.17. The lowest BCUT2D eigenvalue weighted by Gasteiger charge is -2.33. The molecule has 0 unspecified atom stereocenters. The number of halogens is 2. The van der Waals surface area contributed by atoms with Crippen LogP contribution >= 0.6 is 0 Å². The molecule has 2 rings (SSSR count). The lowest BCUT2D eigenvalue weighted by atomic mass is 10.1. The molecule has 4 heteroatoms. The van der Waals surface area contributed by atoms with Gasteiger partial charge in [0, 0.05) is 0 Å². The van der Waals surface area contributed by atoms with Crippen molar-refractivity contribution in [3.63, 3.8) is 0 Å². The predicted molar refractivity (Wildman–Crippen MR) is 71.4 cm³/mol. The molecule has 0 amide bonds. The molecule has 0 radical (unpaired) electrons. The summed E-state index contributed by atoms with van der Waals surface area (Å²) in [6.07, 6.45) is 8.67. The smallest absolute Gasteiger partial charge is 0.0782 e. The summed E-state index contributed by atoms with van der Waals surface area (Å²) in [5.41, 5.74) is 0. The Morgan fingerprint density at radius 1 is 0.444 bits per heavy atom. The molecule has 0 spiro atoms. The summed E-state index contributed by atoms with van der Waals surface area (Å²) < 4.78 is 2.50. The van der Waals surface area contributed by atoms with Crippen LogP contribution in [0.3, 0.4) is 0 Å². The summed E-state index contributed by atoms with van der Waals surface area (Å²) in [4.78, 5) is 0. The highest BCUT2D eigenvalue weighted by Gasteiger charge is 2.18. The van der Waals surface area contributed by atoms with E-state index in [9.17, 15) is 0 Å². The van der Waals surface area contributed by atoms with Crippen LogP contribution in [0.25, 0.3) is 0 Å². The Hall–Kier alpha value is 1.38. The number of nitrogens with zero attached hydrogens (tertiary/aromatic N) is 2. The van der Waals surface area contributed by atoms with E-state index in [0.29, 0.717) is 0 Å². The zero-order valence-electron chi connectivity index (χ0n) is 12.7. The maximum atomic E-state index is 2.32. The fourth-order valence-corrected chi connectivity index (χ4v) is 2.74. The van der Waals surface area contributed by atoms with Crippen LogP contribution in [0.5, 0.6) is 0 Å². The Kier molecular flexibility index (Phi) is 12.2. The molecular formula is C14H32I2N2. The summed E-state index contributed by atoms with van der Waals surface area (Å²) in [6.45, 7) is 5.56. The number of quaternary nitrogens is 2. The van der Waals surface area contributed by atoms with E-state index in [1.807, 2.05) is 0 Å². The van der Waals surface area contributed by atoms with Crippen molar-refractivity contribution >= 4 is 0 Å². The summed E-state index contributed by atoms with van der Waals surface area (Å²) >= 11 is 0. The number of hydrogen-bond donors (Lipinski definition) is 0. The van der Waals surface area contributed by atoms with Gasteiger partial charge in [0.05, 0.1) is 54.4 Å². The maximum Gasteiger partial charge on any atom is 0.0782 e. The molecule has 0 N–H and O–H groups in total. The van der Waals surface area contributed by atoms with Crippen molar-refractivity contribution < 1.29 is 56.9 Å². The normalized spacial score (nSPS) is 24.7. The Labute approximate surface area is 149 Å². The van der Waals surface area contributed by atoms with Gasteiger partial charge in [-0.2, -0.15) is 0 Å². The summed E-state index contributed by atoms with van der Waals surface area (Å²) in [6, 6.07) is 0. The Bertz CT molecular complexity index is 168. The molecule has 18 heavy (non-hydrogen) atoms. The SMILES string of the molecule is C[N+]1(C)CCCCC1.C[N+]1(C)CCCCC1.[I-].[I-]. The van der Waals surface area contributed by atoms with Crippen LogP contribution in [0.4, 0.5) is 0 Å². The van der Waals surface area contributed by atoms with Gasteiger partial charge in [-0.05, 0) is 38.5 Å². The van der Waals surface area contributed by atoms with Crippen LogP contribution < -0.4 is 48.0 Å². The van der Waals surface area contributed by atoms with Crippen molar-refractivity contribution in [3.8, 4) is 0 Å². The molecular weight excluding hydrogens is 450 g/mol. The van der Waals surface area contributed by atoms with Gasteiger partial charge in [-0.25, -0.2) is 0 Å². The van der Waals surface area contributed by atoms with Gasteiger partial charge in [-0.3, -0.25) is 0 Å². The highest BCUT2D eigenvalue weighted by atomic mass is 127. The molecule has 2 aliphatic rings. The monoisotopic (exact) mass is 482 g/mol. The molecule has 2 heterocycles. The third kappa shape index (κ3) is 10.2. The summed E-state index contributed by atoms with van der Waals surface area (Å²) in [5.74, 6) is 0. The molecule has 112 valence electrons. The fourth-order valence-electron chi connectivity index (χ4n) is 2.74. The van der Waals surface area contributed by atoms with E-state index in [0.717, 1.165) is 0 Å². The van der Waals surface area contributed by atoms with Gasteiger partial charge in [-0.15, -0.1) is 0 Å². The topological polar surface area (TPSA) is 0 Å². The minimum atomic E-state index is 0. The molecule has 0 saturated carbocycles. The average molecular weight is 482 g/mol. The molecule has 0 atom stereocenters. The van der Waals surface area contributed by atoms with E-state index in [4.69, 9.17) is 0 Å². The second-order valence-electron chi connectivity index (χ2n) is 6.89. The number of piperidine rings is 2. The first kappa shape index (κ1) is 21.7. The van der Waals surface area contributed by atoms with Crippen molar-refractivity contribution in [2.24, 2.45) is 0 Å². The standard InChI is InChI=1S/2C7H16N.2HI/c2*1-8(2)6-4-3-5-7-8;;/h2*3-7H2,1-2H3;2*1H/q2*+1;;/p-2. The summed E-state index contributed by atoms with van der Waals surface area (Å²) in [5, 5.41) is 0. The van der Waals surface area contributed by atoms with Crippen molar-refractivity contribution in [1.29, 1.82) is 0 Å². The van der Waals surface area contributed by atoms with Crippen LogP contribution in [0.2, 0.25) is 0 Å². The zero-order valence-corrected chi connectivity index (χ0v) is 17.0. The van der Waals surface area contributed by atoms with E-state index >= 15 is 0 Å². The molecule has 0 bridgehead atoms. The molecule has 2 fully saturated rings. The lowest BCUT2D eigenvalue weighted by molar-refractivity contribution is -0.894. The maximum absolute atomic E-state index is 2.32. The third-order valence-electron chi connectivity index (χ3n) is 4.05. The lowest BCUT2D eigenvalue weighted by Crippen LogP contribution is -3.00. The van der Waals surface area contributed by atoms with E-state index in [1.54, 1.807) is 0 Å². The van der Waals surface area contributed by atoms with E-state index in [-0.39, 0.29) is 48.0 Å². The van der Waals surface area contributed by atoms with Gasteiger partial charge in [0.2, 0.25) is 0 Å². The fraction of sp³-hybridized carbons (Fsp3) is 1.00. The van der Waals surface area contributed by atoms with E-state index in [2.05, 4.69) is 28.2 Å². The Morgan fingerprint density at radius 2 is 0.667 bits per heavy atom. The first-order chi connectivity index (χ1) is 7.41. The summed E-state index contributed by atoms with van der Waals surface area (Å²) in [7, 11) is 9.27. The van der Waals surface area contributed by atoms with Gasteiger partial charge in [0.25, 0.3) is 0 Å². The highest BCUT2D eigenvalue weighted by molar-refractivity contribution is 4.48. The molecule has 2 aliphatic heterocycles. The van der Waals surface area contributed by atoms with Gasteiger partial charge < -0.3 is 56.9 Å². The van der Waals surface area contributed by atoms with E-state index in [1.165, 1.54) is 73.7 Å². The van der Waals surface area contributed by atoms with Gasteiger partial charge in [-0.1, -0.05) is 0 Å². The van der Waals surface area contributed by atoms with Gasteiger partial charge >= 0.3 is 0 Å². The van der Waals surface area contributed by atoms with Crippen molar-refractivity contribution in [2.75, 3.05) is 54.4 Å². The van der Waals surface area contributed by atoms with E-state index < -0.39 is 0 Å². The number of likely N-dealkylation sites (tertiary alicyclic amines) is 2. The molecule has 0 aromatic rings. The molecule has 2 nitrogen and oxygen atoms in total. The van der Waals surface area contributed by atoms with Crippen molar-refractivity contribution in [2.45, 2.75) is 38.5 Å². The van der Waals surface area contributed by atoms with Crippen LogP contribution in [0.1, 0.15) is 38.5 Å². The predicted octanol–water partition coefficient (Wildman–Crippen LogP) is -3.50. The van der Waals surface area contributed by atoms with Crippen molar-refractivity contribution in [1.82, 2.24) is 0 Å². The van der Waals surface area contributed by atoms with Crippen LogP contribution in [0, 0.1) is 0 Å². The second-order valence-corrected chi connectivity index (χ2v) is 6.89. The second kappa shape index (κ2) is 10.2. The third-order valence-corrected chi connectivity index (χ3v) is 4.05. The van der Waals surface area contributed by atoms with Gasteiger partial charge in [0.1, 0.15) is 0 Å². The zero-order chi connectivity index (χ0) is 12.1. The molecule has 0 aromatic carbocycles. The first-order valence-corrected chi connectivity index (χ1v) is 7.05. The first-order valence-electron chi connectivity index (χ1n) is 7.05. The van der Waals surface area contributed by atoms with Crippen LogP contribution in [-0.4, -0.2) is 63.3 Å². The minimum absolute atomic E-state index is 0. The highest BCUT2D eigenvalue weighted by Crippen LogP contribution is 2.12. The van der Waals surface area contributed by atoms with Crippen LogP contribution in [-0.2, 0) is 0 Å². The Morgan fingerprint density at radius 3 is 0.778 bits per heavy atom. The largest absolute Gasteiger partial charge is 1.00 e. The molecule has 2 saturated heterocycles. The quantitative estimate of drug-likeness (QED) is 0.249. The van der Waals surface area contributed by atoms with Crippen LogP contribution in [0.15, 0.2) is 0 Å². The molecule has 0 aliphatic carbocycles.